The van der Waals surface area contributed by atoms with E-state index in [0.717, 1.165) is 12.0 Å². The molecule has 3 rings (SSSR count). The molecule has 146 valence electrons. The molecule has 0 unspecified atom stereocenters. The van der Waals surface area contributed by atoms with Crippen LogP contribution in [0.4, 0.5) is 5.69 Å². The van der Waals surface area contributed by atoms with Gasteiger partial charge in [-0.3, -0.25) is 9.69 Å². The number of carbonyl (C=O) groups excluding carboxylic acids is 1. The highest BCUT2D eigenvalue weighted by Gasteiger charge is 2.31. The van der Waals surface area contributed by atoms with Crippen LogP contribution in [0.1, 0.15) is 18.9 Å². The largest absolute Gasteiger partial charge is 0.493 e. The quantitative estimate of drug-likeness (QED) is 0.594. The lowest BCUT2D eigenvalue weighted by Gasteiger charge is -2.13. The van der Waals surface area contributed by atoms with Gasteiger partial charge in [-0.25, -0.2) is 4.99 Å². The third kappa shape index (κ3) is 4.34. The molecule has 2 aromatic carbocycles. The highest BCUT2D eigenvalue weighted by molar-refractivity contribution is 8.18. The van der Waals surface area contributed by atoms with Crippen LogP contribution >= 0.6 is 23.4 Å². The molecule has 0 radical (unpaired) electrons. The van der Waals surface area contributed by atoms with E-state index in [0.29, 0.717) is 38.9 Å². The number of likely N-dealkylation sites (N-methyl/N-ethyl adjacent to an activating group) is 1. The molecule has 1 amide bonds. The lowest BCUT2D eigenvalue weighted by atomic mass is 10.1. The van der Waals surface area contributed by atoms with Crippen molar-refractivity contribution in [1.82, 2.24) is 4.90 Å². The van der Waals surface area contributed by atoms with Crippen molar-refractivity contribution in [2.45, 2.75) is 13.3 Å². The van der Waals surface area contributed by atoms with Crippen molar-refractivity contribution in [2.24, 2.45) is 4.99 Å². The summed E-state index contributed by atoms with van der Waals surface area (Å²) in [5.74, 6) is 1.14. The summed E-state index contributed by atoms with van der Waals surface area (Å²) in [6.07, 6.45) is 2.69. The lowest BCUT2D eigenvalue weighted by Crippen LogP contribution is -2.23. The Morgan fingerprint density at radius 2 is 2.00 bits per heavy atom. The predicted molar refractivity (Wildman–Crippen MR) is 116 cm³/mol. The van der Waals surface area contributed by atoms with Crippen LogP contribution in [0.5, 0.6) is 11.5 Å². The average Bonchev–Trinajstić information content (AvgIpc) is 2.96. The molecule has 0 bridgehead atoms. The number of carbonyl (C=O) groups is 1. The van der Waals surface area contributed by atoms with Crippen molar-refractivity contribution in [3.63, 3.8) is 0 Å². The van der Waals surface area contributed by atoms with Gasteiger partial charge in [-0.2, -0.15) is 0 Å². The first kappa shape index (κ1) is 20.3. The van der Waals surface area contributed by atoms with Crippen LogP contribution in [0.2, 0.25) is 5.02 Å². The maximum absolute atomic E-state index is 12.7. The Bertz CT molecular complexity index is 943. The number of rotatable bonds is 6. The molecule has 0 atom stereocenters. The zero-order chi connectivity index (χ0) is 20.1. The van der Waals surface area contributed by atoms with Crippen molar-refractivity contribution in [3.05, 3.63) is 58.0 Å². The fourth-order valence-corrected chi connectivity index (χ4v) is 3.75. The van der Waals surface area contributed by atoms with E-state index in [1.165, 1.54) is 16.7 Å². The van der Waals surface area contributed by atoms with E-state index in [1.807, 2.05) is 49.4 Å². The minimum Gasteiger partial charge on any atom is -0.493 e. The summed E-state index contributed by atoms with van der Waals surface area (Å²) >= 11 is 7.49. The second kappa shape index (κ2) is 9.17. The van der Waals surface area contributed by atoms with Crippen LogP contribution in [-0.4, -0.2) is 36.7 Å². The molecule has 0 saturated carbocycles. The number of aliphatic imine (C=N–C) groups is 1. The number of nitrogens with zero attached hydrogens (tertiary/aromatic N) is 2. The summed E-state index contributed by atoms with van der Waals surface area (Å²) in [5, 5.41) is 1.11. The normalized spacial score (nSPS) is 16.9. The number of hydrogen-bond donors (Lipinski definition) is 0. The van der Waals surface area contributed by atoms with Crippen molar-refractivity contribution < 1.29 is 14.3 Å². The van der Waals surface area contributed by atoms with Gasteiger partial charge in [-0.1, -0.05) is 42.8 Å². The number of para-hydroxylation sites is 2. The number of ether oxygens (including phenoxy) is 2. The SMILES string of the molecule is CCCOc1c(/C=C2/SC(=Nc3ccccc3Cl)N(C)C2=O)cccc1OC. The second-order valence-corrected chi connectivity index (χ2v) is 7.46. The molecule has 0 aliphatic carbocycles. The number of amidine groups is 1. The number of thioether (sulfide) groups is 1. The first-order valence-corrected chi connectivity index (χ1v) is 10.0. The van der Waals surface area contributed by atoms with Crippen molar-refractivity contribution in [1.29, 1.82) is 0 Å². The summed E-state index contributed by atoms with van der Waals surface area (Å²) < 4.78 is 11.3. The molecule has 2 aromatic rings. The number of methoxy groups -OCH3 is 1. The monoisotopic (exact) mass is 416 g/mol. The highest BCUT2D eigenvalue weighted by Crippen LogP contribution is 2.38. The van der Waals surface area contributed by atoms with E-state index in [9.17, 15) is 4.79 Å². The van der Waals surface area contributed by atoms with Crippen LogP contribution in [0.3, 0.4) is 0 Å². The Morgan fingerprint density at radius 1 is 1.21 bits per heavy atom. The molecule has 0 spiro atoms. The van der Waals surface area contributed by atoms with Gasteiger partial charge in [0.25, 0.3) is 5.91 Å². The second-order valence-electron chi connectivity index (χ2n) is 6.05. The minimum atomic E-state index is -0.125. The third-order valence-corrected chi connectivity index (χ3v) is 5.42. The zero-order valence-corrected chi connectivity index (χ0v) is 17.5. The van der Waals surface area contributed by atoms with Crippen LogP contribution in [0, 0.1) is 0 Å². The molecular weight excluding hydrogens is 396 g/mol. The number of benzene rings is 2. The highest BCUT2D eigenvalue weighted by atomic mass is 35.5. The molecular formula is C21H21ClN2O3S. The van der Waals surface area contributed by atoms with Crippen molar-refractivity contribution >= 4 is 46.2 Å². The minimum absolute atomic E-state index is 0.125. The zero-order valence-electron chi connectivity index (χ0n) is 15.9. The third-order valence-electron chi connectivity index (χ3n) is 4.04. The molecule has 5 nitrogen and oxygen atoms in total. The fourth-order valence-electron chi connectivity index (χ4n) is 2.60. The average molecular weight is 417 g/mol. The smallest absolute Gasteiger partial charge is 0.266 e. The van der Waals surface area contributed by atoms with Gasteiger partial charge in [0.05, 0.1) is 29.3 Å². The molecule has 1 aliphatic heterocycles. The maximum Gasteiger partial charge on any atom is 0.266 e. The van der Waals surface area contributed by atoms with Gasteiger partial charge in [-0.15, -0.1) is 0 Å². The standard InChI is InChI=1S/C21H21ClN2O3S/c1-4-12-27-19-14(8-7-11-17(19)26-3)13-18-20(25)24(2)21(28-18)23-16-10-6-5-9-15(16)22/h5-11,13H,4,12H2,1-3H3/b18-13+,23-21?. The van der Waals surface area contributed by atoms with Gasteiger partial charge in [0.2, 0.25) is 0 Å². The van der Waals surface area contributed by atoms with Gasteiger partial charge < -0.3 is 9.47 Å². The van der Waals surface area contributed by atoms with Crippen LogP contribution < -0.4 is 9.47 Å². The predicted octanol–water partition coefficient (Wildman–Crippen LogP) is 5.37. The Morgan fingerprint density at radius 3 is 2.71 bits per heavy atom. The Labute approximate surface area is 174 Å². The molecule has 1 fully saturated rings. The van der Waals surface area contributed by atoms with Crippen molar-refractivity contribution in [2.75, 3.05) is 20.8 Å². The first-order chi connectivity index (χ1) is 13.5. The Balaban J connectivity index is 1.96. The number of amides is 1. The summed E-state index contributed by atoms with van der Waals surface area (Å²) in [5.41, 5.74) is 1.41. The van der Waals surface area contributed by atoms with Gasteiger partial charge in [0.1, 0.15) is 0 Å². The van der Waals surface area contributed by atoms with Gasteiger partial charge >= 0.3 is 0 Å². The van der Waals surface area contributed by atoms with Crippen molar-refractivity contribution in [3.8, 4) is 11.5 Å². The molecule has 1 heterocycles. The molecule has 0 N–H and O–H groups in total. The summed E-state index contributed by atoms with van der Waals surface area (Å²) in [6, 6.07) is 12.9. The molecule has 0 aromatic heterocycles. The summed E-state index contributed by atoms with van der Waals surface area (Å²) in [7, 11) is 3.30. The number of hydrogen-bond acceptors (Lipinski definition) is 5. The fraction of sp³-hybridized carbons (Fsp3) is 0.238. The Kier molecular flexibility index (Phi) is 6.65. The molecule has 1 saturated heterocycles. The van der Waals surface area contributed by atoms with E-state index in [-0.39, 0.29) is 5.91 Å². The maximum atomic E-state index is 12.7. The molecule has 28 heavy (non-hydrogen) atoms. The van der Waals surface area contributed by atoms with E-state index in [4.69, 9.17) is 21.1 Å². The van der Waals surface area contributed by atoms with Gasteiger partial charge in [-0.05, 0) is 42.5 Å². The van der Waals surface area contributed by atoms with E-state index in [2.05, 4.69) is 4.99 Å². The molecule has 7 heteroatoms. The van der Waals surface area contributed by atoms with E-state index in [1.54, 1.807) is 20.2 Å². The van der Waals surface area contributed by atoms with Crippen LogP contribution in [-0.2, 0) is 4.79 Å². The van der Waals surface area contributed by atoms with Gasteiger partial charge in [0.15, 0.2) is 16.7 Å². The van der Waals surface area contributed by atoms with Gasteiger partial charge in [0, 0.05) is 12.6 Å². The summed E-state index contributed by atoms with van der Waals surface area (Å²) in [6.45, 7) is 2.60. The Hall–Kier alpha value is -2.44. The topological polar surface area (TPSA) is 51.1 Å². The van der Waals surface area contributed by atoms with Crippen LogP contribution in [0.15, 0.2) is 52.4 Å². The molecule has 1 aliphatic rings. The van der Waals surface area contributed by atoms with E-state index >= 15 is 0 Å². The van der Waals surface area contributed by atoms with E-state index < -0.39 is 0 Å². The summed E-state index contributed by atoms with van der Waals surface area (Å²) in [4.78, 5) is 19.3. The van der Waals surface area contributed by atoms with Crippen LogP contribution in [0.25, 0.3) is 6.08 Å². The number of halogens is 1. The first-order valence-electron chi connectivity index (χ1n) is 8.85. The lowest BCUT2D eigenvalue weighted by molar-refractivity contribution is -0.121.